The van der Waals surface area contributed by atoms with Crippen molar-refractivity contribution in [1.29, 1.82) is 0 Å². The fraction of sp³-hybridized carbons (Fsp3) is 0.125. The normalized spacial score (nSPS) is 13.4. The molecule has 0 atom stereocenters. The molecule has 2 nitrogen and oxygen atoms in total. The molecule has 1 heterocycles. The van der Waals surface area contributed by atoms with Crippen LogP contribution in [0.15, 0.2) is 72.3 Å². The fourth-order valence-electron chi connectivity index (χ4n) is 3.21. The van der Waals surface area contributed by atoms with Crippen LogP contribution in [0.25, 0.3) is 16.8 Å². The summed E-state index contributed by atoms with van der Waals surface area (Å²) in [6.45, 7) is 4.54. The van der Waals surface area contributed by atoms with Crippen LogP contribution >= 0.6 is 0 Å². The van der Waals surface area contributed by atoms with Crippen LogP contribution in [0.1, 0.15) is 27.0 Å². The molecular formula is C24H20O2. The third-order valence-corrected chi connectivity index (χ3v) is 4.89. The van der Waals surface area contributed by atoms with Gasteiger partial charge in [-0.25, -0.2) is 0 Å². The van der Waals surface area contributed by atoms with Crippen molar-refractivity contribution >= 4 is 22.6 Å². The summed E-state index contributed by atoms with van der Waals surface area (Å²) in [6, 6.07) is 18.1. The van der Waals surface area contributed by atoms with Gasteiger partial charge in [0.05, 0.1) is 0 Å². The standard InChI is InChI=1S/C24H20O2/c1-16-7-9-20(13-17(16)2)23(25)11-8-18-14-22-21-6-4-3-5-19(21)10-12-24(22)26-15-18/h3-14H,15H2,1-2H3/b11-8+. The van der Waals surface area contributed by atoms with Gasteiger partial charge in [-0.1, -0.05) is 48.5 Å². The third kappa shape index (κ3) is 3.06. The van der Waals surface area contributed by atoms with E-state index in [2.05, 4.69) is 24.3 Å². The van der Waals surface area contributed by atoms with Crippen molar-refractivity contribution in [2.75, 3.05) is 6.61 Å². The van der Waals surface area contributed by atoms with E-state index < -0.39 is 0 Å². The summed E-state index contributed by atoms with van der Waals surface area (Å²) in [4.78, 5) is 12.5. The van der Waals surface area contributed by atoms with Crippen molar-refractivity contribution in [2.45, 2.75) is 13.8 Å². The van der Waals surface area contributed by atoms with Crippen LogP contribution in [0.3, 0.4) is 0 Å². The summed E-state index contributed by atoms with van der Waals surface area (Å²) in [5.41, 5.74) is 5.11. The maximum absolute atomic E-state index is 12.5. The number of carbonyl (C=O) groups is 1. The number of ether oxygens (including phenoxy) is 1. The van der Waals surface area contributed by atoms with Crippen LogP contribution in [0.4, 0.5) is 0 Å². The monoisotopic (exact) mass is 340 g/mol. The van der Waals surface area contributed by atoms with E-state index in [9.17, 15) is 4.79 Å². The van der Waals surface area contributed by atoms with Crippen molar-refractivity contribution in [3.05, 3.63) is 94.6 Å². The van der Waals surface area contributed by atoms with Crippen LogP contribution in [0, 0.1) is 13.8 Å². The molecular weight excluding hydrogens is 320 g/mol. The average Bonchev–Trinajstić information content (AvgIpc) is 2.68. The zero-order valence-corrected chi connectivity index (χ0v) is 15.0. The van der Waals surface area contributed by atoms with Gasteiger partial charge in [0.1, 0.15) is 12.4 Å². The van der Waals surface area contributed by atoms with Crippen LogP contribution in [0.2, 0.25) is 0 Å². The van der Waals surface area contributed by atoms with Gasteiger partial charge in [-0.2, -0.15) is 0 Å². The third-order valence-electron chi connectivity index (χ3n) is 4.89. The molecule has 0 aromatic heterocycles. The second-order valence-corrected chi connectivity index (χ2v) is 6.70. The minimum atomic E-state index is 0.0118. The maximum atomic E-state index is 12.5. The van der Waals surface area contributed by atoms with Crippen molar-refractivity contribution in [2.24, 2.45) is 0 Å². The van der Waals surface area contributed by atoms with Crippen molar-refractivity contribution < 1.29 is 9.53 Å². The Kier molecular flexibility index (Phi) is 4.18. The first-order valence-corrected chi connectivity index (χ1v) is 8.76. The lowest BCUT2D eigenvalue weighted by molar-refractivity contribution is 0.104. The SMILES string of the molecule is Cc1ccc(C(=O)/C=C/C2=Cc3c(ccc4ccccc34)OC2)cc1C. The van der Waals surface area contributed by atoms with E-state index in [0.717, 1.165) is 27.8 Å². The summed E-state index contributed by atoms with van der Waals surface area (Å²) < 4.78 is 5.89. The van der Waals surface area contributed by atoms with Gasteiger partial charge in [-0.15, -0.1) is 0 Å². The first kappa shape index (κ1) is 16.3. The molecule has 0 spiro atoms. The first-order chi connectivity index (χ1) is 12.6. The summed E-state index contributed by atoms with van der Waals surface area (Å²) in [5, 5.41) is 2.35. The van der Waals surface area contributed by atoms with E-state index in [-0.39, 0.29) is 5.78 Å². The van der Waals surface area contributed by atoms with Crippen LogP contribution < -0.4 is 4.74 Å². The fourth-order valence-corrected chi connectivity index (χ4v) is 3.21. The van der Waals surface area contributed by atoms with E-state index in [1.54, 1.807) is 6.08 Å². The number of aryl methyl sites for hydroxylation is 2. The second kappa shape index (κ2) is 6.64. The minimum absolute atomic E-state index is 0.0118. The molecule has 0 bridgehead atoms. The summed E-state index contributed by atoms with van der Waals surface area (Å²) in [6.07, 6.45) is 5.61. The number of ketones is 1. The molecule has 0 saturated carbocycles. The van der Waals surface area contributed by atoms with Gasteiger partial charge in [-0.05, 0) is 65.6 Å². The topological polar surface area (TPSA) is 26.3 Å². The van der Waals surface area contributed by atoms with Crippen molar-refractivity contribution in [1.82, 2.24) is 0 Å². The van der Waals surface area contributed by atoms with Crippen LogP contribution in [-0.4, -0.2) is 12.4 Å². The van der Waals surface area contributed by atoms with Crippen molar-refractivity contribution in [3.8, 4) is 5.75 Å². The summed E-state index contributed by atoms with van der Waals surface area (Å²) in [7, 11) is 0. The van der Waals surface area contributed by atoms with Gasteiger partial charge in [0, 0.05) is 11.1 Å². The summed E-state index contributed by atoms with van der Waals surface area (Å²) >= 11 is 0. The highest BCUT2D eigenvalue weighted by Gasteiger charge is 2.13. The van der Waals surface area contributed by atoms with E-state index >= 15 is 0 Å². The second-order valence-electron chi connectivity index (χ2n) is 6.70. The molecule has 0 aliphatic carbocycles. The van der Waals surface area contributed by atoms with E-state index in [1.807, 2.05) is 56.3 Å². The van der Waals surface area contributed by atoms with Crippen molar-refractivity contribution in [3.63, 3.8) is 0 Å². The number of rotatable bonds is 3. The molecule has 1 aliphatic heterocycles. The lowest BCUT2D eigenvalue weighted by Crippen LogP contribution is -2.06. The average molecular weight is 340 g/mol. The number of allylic oxidation sites excluding steroid dienone is 1. The minimum Gasteiger partial charge on any atom is -0.488 e. The largest absolute Gasteiger partial charge is 0.488 e. The highest BCUT2D eigenvalue weighted by atomic mass is 16.5. The Balaban J connectivity index is 1.64. The Morgan fingerprint density at radius 3 is 2.69 bits per heavy atom. The number of hydrogen-bond acceptors (Lipinski definition) is 2. The quantitative estimate of drug-likeness (QED) is 0.453. The van der Waals surface area contributed by atoms with Crippen LogP contribution in [-0.2, 0) is 0 Å². The lowest BCUT2D eigenvalue weighted by atomic mass is 9.99. The predicted molar refractivity (Wildman–Crippen MR) is 107 cm³/mol. The molecule has 3 aromatic rings. The number of fused-ring (bicyclic) bond motifs is 3. The van der Waals surface area contributed by atoms with E-state index in [1.165, 1.54) is 10.9 Å². The van der Waals surface area contributed by atoms with Gasteiger partial charge >= 0.3 is 0 Å². The Morgan fingerprint density at radius 2 is 1.85 bits per heavy atom. The Labute approximate surface area is 153 Å². The summed E-state index contributed by atoms with van der Waals surface area (Å²) in [5.74, 6) is 0.902. The first-order valence-electron chi connectivity index (χ1n) is 8.76. The molecule has 4 rings (SSSR count). The lowest BCUT2D eigenvalue weighted by Gasteiger charge is -2.18. The highest BCUT2D eigenvalue weighted by Crippen LogP contribution is 2.33. The van der Waals surface area contributed by atoms with Gasteiger partial charge in [0.15, 0.2) is 5.78 Å². The molecule has 0 unspecified atom stereocenters. The number of hydrogen-bond donors (Lipinski definition) is 0. The van der Waals surface area contributed by atoms with E-state index in [0.29, 0.717) is 12.2 Å². The molecule has 0 saturated heterocycles. The maximum Gasteiger partial charge on any atom is 0.185 e. The zero-order chi connectivity index (χ0) is 18.1. The van der Waals surface area contributed by atoms with Gasteiger partial charge in [0.25, 0.3) is 0 Å². The van der Waals surface area contributed by atoms with E-state index in [4.69, 9.17) is 4.74 Å². The zero-order valence-electron chi connectivity index (χ0n) is 15.0. The molecule has 0 amide bonds. The number of benzene rings is 3. The molecule has 1 aliphatic rings. The molecule has 0 radical (unpaired) electrons. The molecule has 26 heavy (non-hydrogen) atoms. The predicted octanol–water partition coefficient (Wildman–Crippen LogP) is 5.67. The molecule has 0 N–H and O–H groups in total. The van der Waals surface area contributed by atoms with Gasteiger partial charge in [0.2, 0.25) is 0 Å². The van der Waals surface area contributed by atoms with Crippen LogP contribution in [0.5, 0.6) is 5.75 Å². The Bertz CT molecular complexity index is 1070. The highest BCUT2D eigenvalue weighted by molar-refractivity contribution is 6.05. The van der Waals surface area contributed by atoms with Gasteiger partial charge < -0.3 is 4.74 Å². The number of carbonyl (C=O) groups excluding carboxylic acids is 1. The molecule has 3 aromatic carbocycles. The molecule has 128 valence electrons. The molecule has 2 heteroatoms. The Morgan fingerprint density at radius 1 is 1.00 bits per heavy atom. The smallest absolute Gasteiger partial charge is 0.185 e. The molecule has 0 fully saturated rings. The Hall–Kier alpha value is -3.13. The van der Waals surface area contributed by atoms with Gasteiger partial charge in [-0.3, -0.25) is 4.79 Å².